The number of rotatable bonds is 5. The Kier molecular flexibility index (Phi) is 5.41. The Morgan fingerprint density at radius 3 is 2.30 bits per heavy atom. The van der Waals surface area contributed by atoms with Gasteiger partial charge >= 0.3 is 6.01 Å². The Balaban J connectivity index is 1.49. The van der Waals surface area contributed by atoms with Crippen molar-refractivity contribution in [1.29, 1.82) is 5.41 Å². The van der Waals surface area contributed by atoms with Gasteiger partial charge in [-0.1, -0.05) is 11.5 Å². The van der Waals surface area contributed by atoms with E-state index in [0.29, 0.717) is 34.0 Å². The second kappa shape index (κ2) is 8.40. The number of nitrogens with zero attached hydrogens (tertiary/aromatic N) is 5. The SMILES string of the molecule is CN1CCN(c2ccc(-n3c(O)nnc3-c3cc(C(=N)C4CCC4)c(N)cc3O)cc2)CC1. The summed E-state index contributed by atoms with van der Waals surface area (Å²) < 4.78 is 1.50. The Labute approximate surface area is 192 Å². The first kappa shape index (κ1) is 21.3. The maximum atomic E-state index is 10.7. The fraction of sp³-hybridized carbons (Fsp3) is 0.375. The zero-order chi connectivity index (χ0) is 23.1. The molecule has 1 aromatic heterocycles. The second-order valence-electron chi connectivity index (χ2n) is 8.96. The average molecular weight is 448 g/mol. The molecule has 5 N–H and O–H groups in total. The molecule has 1 saturated heterocycles. The van der Waals surface area contributed by atoms with Gasteiger partial charge in [0.25, 0.3) is 0 Å². The number of aromatic hydroxyl groups is 2. The highest BCUT2D eigenvalue weighted by atomic mass is 16.3. The third kappa shape index (κ3) is 3.89. The van der Waals surface area contributed by atoms with Crippen LogP contribution in [-0.4, -0.2) is 68.8 Å². The molecule has 0 atom stereocenters. The van der Waals surface area contributed by atoms with E-state index in [9.17, 15) is 10.2 Å². The zero-order valence-corrected chi connectivity index (χ0v) is 18.7. The molecule has 2 fully saturated rings. The topological polar surface area (TPSA) is 128 Å². The van der Waals surface area contributed by atoms with E-state index in [2.05, 4.69) is 27.0 Å². The molecular weight excluding hydrogens is 418 g/mol. The molecule has 9 heteroatoms. The molecule has 1 aliphatic heterocycles. The van der Waals surface area contributed by atoms with Gasteiger partial charge in [-0.15, -0.1) is 5.10 Å². The number of benzene rings is 2. The quantitative estimate of drug-likeness (QED) is 0.350. The van der Waals surface area contributed by atoms with Crippen LogP contribution in [0.1, 0.15) is 24.8 Å². The van der Waals surface area contributed by atoms with Gasteiger partial charge in [0.05, 0.1) is 11.3 Å². The number of nitrogens with one attached hydrogen (secondary N) is 1. The van der Waals surface area contributed by atoms with Crippen LogP contribution in [0.25, 0.3) is 17.1 Å². The summed E-state index contributed by atoms with van der Waals surface area (Å²) in [5, 5.41) is 37.7. The van der Waals surface area contributed by atoms with E-state index in [1.165, 1.54) is 10.6 Å². The third-order valence-electron chi connectivity index (χ3n) is 6.83. The lowest BCUT2D eigenvalue weighted by atomic mass is 9.79. The van der Waals surface area contributed by atoms with Gasteiger partial charge in [0.2, 0.25) is 0 Å². The molecule has 3 aromatic rings. The van der Waals surface area contributed by atoms with Crippen LogP contribution in [0, 0.1) is 11.3 Å². The highest BCUT2D eigenvalue weighted by molar-refractivity contribution is 6.05. The first-order valence-corrected chi connectivity index (χ1v) is 11.3. The Bertz CT molecular complexity index is 1180. The van der Waals surface area contributed by atoms with Crippen LogP contribution in [0.4, 0.5) is 11.4 Å². The number of likely N-dealkylation sites (N-methyl/N-ethyl adjacent to an activating group) is 1. The van der Waals surface area contributed by atoms with Crippen molar-refractivity contribution < 1.29 is 10.2 Å². The molecule has 2 aromatic carbocycles. The van der Waals surface area contributed by atoms with E-state index in [0.717, 1.165) is 51.1 Å². The van der Waals surface area contributed by atoms with E-state index in [1.807, 2.05) is 24.3 Å². The number of phenolic OH excluding ortho intramolecular Hbond substituents is 1. The minimum atomic E-state index is -0.274. The third-order valence-corrected chi connectivity index (χ3v) is 6.83. The fourth-order valence-electron chi connectivity index (χ4n) is 4.50. The summed E-state index contributed by atoms with van der Waals surface area (Å²) in [6, 6.07) is 10.7. The highest BCUT2D eigenvalue weighted by Gasteiger charge is 2.27. The van der Waals surface area contributed by atoms with Crippen molar-refractivity contribution in [3.05, 3.63) is 42.0 Å². The maximum absolute atomic E-state index is 10.7. The van der Waals surface area contributed by atoms with Crippen LogP contribution in [0.15, 0.2) is 36.4 Å². The van der Waals surface area contributed by atoms with E-state index < -0.39 is 0 Å². The molecule has 5 rings (SSSR count). The predicted octanol–water partition coefficient (Wildman–Crippen LogP) is 2.85. The molecule has 2 heterocycles. The molecule has 0 bridgehead atoms. The van der Waals surface area contributed by atoms with Gasteiger partial charge < -0.3 is 31.2 Å². The van der Waals surface area contributed by atoms with Gasteiger partial charge in [0.1, 0.15) is 5.75 Å². The molecule has 0 radical (unpaired) electrons. The van der Waals surface area contributed by atoms with Crippen LogP contribution in [0.2, 0.25) is 0 Å². The first-order chi connectivity index (χ1) is 15.9. The van der Waals surface area contributed by atoms with Gasteiger partial charge in [0.15, 0.2) is 5.82 Å². The summed E-state index contributed by atoms with van der Waals surface area (Å²) in [7, 11) is 2.13. The van der Waals surface area contributed by atoms with Gasteiger partial charge in [0, 0.05) is 60.8 Å². The number of aromatic nitrogens is 3. The molecule has 0 unspecified atom stereocenters. The number of nitrogen functional groups attached to an aromatic ring is 1. The summed E-state index contributed by atoms with van der Waals surface area (Å²) in [5.74, 6) is 0.415. The average Bonchev–Trinajstić information content (AvgIpc) is 3.14. The smallest absolute Gasteiger partial charge is 0.319 e. The second-order valence-corrected chi connectivity index (χ2v) is 8.96. The molecule has 9 nitrogen and oxygen atoms in total. The van der Waals surface area contributed by atoms with Crippen LogP contribution in [0.5, 0.6) is 11.8 Å². The zero-order valence-electron chi connectivity index (χ0n) is 18.7. The largest absolute Gasteiger partial charge is 0.507 e. The summed E-state index contributed by atoms with van der Waals surface area (Å²) >= 11 is 0. The summed E-state index contributed by atoms with van der Waals surface area (Å²) in [6.45, 7) is 3.97. The summed E-state index contributed by atoms with van der Waals surface area (Å²) in [4.78, 5) is 4.64. The van der Waals surface area contributed by atoms with Crippen LogP contribution < -0.4 is 10.6 Å². The van der Waals surface area contributed by atoms with Crippen molar-refractivity contribution in [3.63, 3.8) is 0 Å². The van der Waals surface area contributed by atoms with Crippen LogP contribution in [0.3, 0.4) is 0 Å². The van der Waals surface area contributed by atoms with Crippen molar-refractivity contribution in [3.8, 4) is 28.8 Å². The summed E-state index contributed by atoms with van der Waals surface area (Å²) in [6.07, 6.45) is 3.07. The van der Waals surface area contributed by atoms with Crippen molar-refractivity contribution >= 4 is 17.1 Å². The Hall–Kier alpha value is -3.59. The van der Waals surface area contributed by atoms with E-state index in [1.54, 1.807) is 6.07 Å². The standard InChI is InChI=1S/C24H29N7O2/c1-29-9-11-30(12-10-29)16-5-7-17(8-6-16)31-23(27-28-24(31)33)19-13-18(20(25)14-21(19)32)22(26)15-3-2-4-15/h5-8,13-15,26,32H,2-4,9-12,25H2,1H3,(H,28,33). The Morgan fingerprint density at radius 2 is 1.67 bits per heavy atom. The van der Waals surface area contributed by atoms with Crippen LogP contribution >= 0.6 is 0 Å². The van der Waals surface area contributed by atoms with Crippen molar-refractivity contribution in [2.24, 2.45) is 5.92 Å². The van der Waals surface area contributed by atoms with Crippen molar-refractivity contribution in [2.45, 2.75) is 19.3 Å². The molecule has 0 spiro atoms. The van der Waals surface area contributed by atoms with Gasteiger partial charge in [-0.25, -0.2) is 4.57 Å². The minimum absolute atomic E-state index is 0.0691. The van der Waals surface area contributed by atoms with Crippen molar-refractivity contribution in [2.75, 3.05) is 43.9 Å². The summed E-state index contributed by atoms with van der Waals surface area (Å²) in [5.41, 5.74) is 9.74. The minimum Gasteiger partial charge on any atom is -0.507 e. The van der Waals surface area contributed by atoms with Gasteiger partial charge in [-0.2, -0.15) is 0 Å². The number of nitrogens with two attached hydrogens (primary N) is 1. The highest BCUT2D eigenvalue weighted by Crippen LogP contribution is 2.38. The molecule has 1 saturated carbocycles. The van der Waals surface area contributed by atoms with Gasteiger partial charge in [-0.3, -0.25) is 0 Å². The van der Waals surface area contributed by atoms with E-state index >= 15 is 0 Å². The number of phenols is 1. The molecule has 172 valence electrons. The Morgan fingerprint density at radius 1 is 1.00 bits per heavy atom. The number of hydrogen-bond donors (Lipinski definition) is 4. The van der Waals surface area contributed by atoms with Crippen molar-refractivity contribution in [1.82, 2.24) is 19.7 Å². The molecule has 33 heavy (non-hydrogen) atoms. The fourth-order valence-corrected chi connectivity index (χ4v) is 4.50. The predicted molar refractivity (Wildman–Crippen MR) is 128 cm³/mol. The lowest BCUT2D eigenvalue weighted by Gasteiger charge is -2.34. The van der Waals surface area contributed by atoms with E-state index in [-0.39, 0.29) is 17.7 Å². The molecule has 1 aliphatic carbocycles. The number of piperazine rings is 1. The molecule has 0 amide bonds. The normalized spacial score (nSPS) is 17.2. The maximum Gasteiger partial charge on any atom is 0.319 e. The first-order valence-electron chi connectivity index (χ1n) is 11.3. The number of hydrogen-bond acceptors (Lipinski definition) is 8. The monoisotopic (exact) mass is 447 g/mol. The molecular formula is C24H29N7O2. The van der Waals surface area contributed by atoms with Crippen LogP contribution in [-0.2, 0) is 0 Å². The lowest BCUT2D eigenvalue weighted by Crippen LogP contribution is -2.44. The van der Waals surface area contributed by atoms with Gasteiger partial charge in [-0.05, 0) is 50.2 Å². The number of anilines is 2. The lowest BCUT2D eigenvalue weighted by molar-refractivity contribution is 0.313. The van der Waals surface area contributed by atoms with E-state index in [4.69, 9.17) is 11.1 Å². The molecule has 2 aliphatic rings.